The molecule has 0 fully saturated rings. The van der Waals surface area contributed by atoms with E-state index in [0.717, 1.165) is 5.56 Å². The van der Waals surface area contributed by atoms with Crippen molar-refractivity contribution in [2.75, 3.05) is 19.4 Å². The Balaban J connectivity index is 1.93. The zero-order valence-electron chi connectivity index (χ0n) is 12.5. The summed E-state index contributed by atoms with van der Waals surface area (Å²) in [7, 11) is 0. The third kappa shape index (κ3) is 4.79. The largest absolute Gasteiger partial charge is 0.492 e. The summed E-state index contributed by atoms with van der Waals surface area (Å²) in [5.74, 6) is 0.537. The van der Waals surface area contributed by atoms with E-state index in [4.69, 9.17) is 10.5 Å². The zero-order chi connectivity index (χ0) is 15.8. The van der Waals surface area contributed by atoms with Gasteiger partial charge < -0.3 is 15.8 Å². The van der Waals surface area contributed by atoms with E-state index in [0.29, 0.717) is 31.0 Å². The fourth-order valence-electron chi connectivity index (χ4n) is 1.93. The van der Waals surface area contributed by atoms with Gasteiger partial charge in [0.05, 0.1) is 0 Å². The number of nitrogens with one attached hydrogen (secondary N) is 1. The molecule has 2 aromatic rings. The molecule has 0 aliphatic carbocycles. The molecule has 0 aromatic heterocycles. The van der Waals surface area contributed by atoms with E-state index in [1.165, 1.54) is 4.90 Å². The van der Waals surface area contributed by atoms with Crippen LogP contribution in [0.3, 0.4) is 0 Å². The highest BCUT2D eigenvalue weighted by Gasteiger charge is 2.06. The second-order valence-corrected chi connectivity index (χ2v) is 5.58. The van der Waals surface area contributed by atoms with Gasteiger partial charge in [-0.25, -0.2) is 0 Å². The fourth-order valence-corrected chi connectivity index (χ4v) is 2.34. The number of ether oxygens (including phenoxy) is 1. The first-order chi connectivity index (χ1) is 10.7. The molecule has 0 bridgehead atoms. The number of hydrogen-bond donors (Lipinski definition) is 2. The highest BCUT2D eigenvalue weighted by atomic mass is 32.2. The van der Waals surface area contributed by atoms with Gasteiger partial charge in [0.25, 0.3) is 5.91 Å². The molecule has 0 saturated carbocycles. The first kappa shape index (κ1) is 16.4. The van der Waals surface area contributed by atoms with E-state index in [9.17, 15) is 4.79 Å². The molecule has 0 radical (unpaired) electrons. The molecule has 3 N–H and O–H groups in total. The Morgan fingerprint density at radius 2 is 2.00 bits per heavy atom. The standard InChI is InChI=1S/C17H20N2O2S/c1-22-16-7-5-13(6-8-16)12-19-17(20)14-3-2-4-15(11-14)21-10-9-18/h2-8,11H,9-10,12,18H2,1H3,(H,19,20). The maximum Gasteiger partial charge on any atom is 0.251 e. The highest BCUT2D eigenvalue weighted by Crippen LogP contribution is 2.15. The molecule has 0 unspecified atom stereocenters. The maximum absolute atomic E-state index is 12.2. The summed E-state index contributed by atoms with van der Waals surface area (Å²) in [4.78, 5) is 13.4. The summed E-state index contributed by atoms with van der Waals surface area (Å²) < 4.78 is 5.43. The SMILES string of the molecule is CSc1ccc(CNC(=O)c2cccc(OCCN)c2)cc1. The van der Waals surface area contributed by atoms with Crippen LogP contribution in [0.1, 0.15) is 15.9 Å². The van der Waals surface area contributed by atoms with Crippen LogP contribution in [0, 0.1) is 0 Å². The van der Waals surface area contributed by atoms with E-state index in [-0.39, 0.29) is 5.91 Å². The van der Waals surface area contributed by atoms with E-state index in [1.54, 1.807) is 30.0 Å². The summed E-state index contributed by atoms with van der Waals surface area (Å²) in [5.41, 5.74) is 7.05. The summed E-state index contributed by atoms with van der Waals surface area (Å²) in [6.45, 7) is 1.39. The van der Waals surface area contributed by atoms with Gasteiger partial charge in [-0.3, -0.25) is 4.79 Å². The number of carbonyl (C=O) groups excluding carboxylic acids is 1. The van der Waals surface area contributed by atoms with Crippen molar-refractivity contribution in [3.05, 3.63) is 59.7 Å². The zero-order valence-corrected chi connectivity index (χ0v) is 13.4. The van der Waals surface area contributed by atoms with Crippen molar-refractivity contribution in [1.82, 2.24) is 5.32 Å². The van der Waals surface area contributed by atoms with Crippen molar-refractivity contribution in [3.63, 3.8) is 0 Å². The van der Waals surface area contributed by atoms with Gasteiger partial charge in [0.15, 0.2) is 0 Å². The lowest BCUT2D eigenvalue weighted by molar-refractivity contribution is 0.0950. The molecular formula is C17H20N2O2S. The number of rotatable bonds is 7. The molecule has 116 valence electrons. The monoisotopic (exact) mass is 316 g/mol. The molecule has 0 aliphatic heterocycles. The van der Waals surface area contributed by atoms with Gasteiger partial charge in [-0.15, -0.1) is 11.8 Å². The summed E-state index contributed by atoms with van der Waals surface area (Å²) in [6.07, 6.45) is 2.04. The van der Waals surface area contributed by atoms with Crippen LogP contribution in [0.25, 0.3) is 0 Å². The Morgan fingerprint density at radius 3 is 2.68 bits per heavy atom. The van der Waals surface area contributed by atoms with Gasteiger partial charge in [-0.1, -0.05) is 18.2 Å². The van der Waals surface area contributed by atoms with Gasteiger partial charge in [0, 0.05) is 23.5 Å². The summed E-state index contributed by atoms with van der Waals surface area (Å²) in [5, 5.41) is 2.91. The Bertz CT molecular complexity index is 614. The van der Waals surface area contributed by atoms with Crippen LogP contribution in [0.15, 0.2) is 53.4 Å². The predicted octanol–water partition coefficient (Wildman–Crippen LogP) is 2.68. The Labute approximate surface area is 135 Å². The smallest absolute Gasteiger partial charge is 0.251 e. The molecule has 4 nitrogen and oxygen atoms in total. The molecule has 1 amide bonds. The quantitative estimate of drug-likeness (QED) is 0.771. The average molecular weight is 316 g/mol. The highest BCUT2D eigenvalue weighted by molar-refractivity contribution is 7.98. The number of benzene rings is 2. The van der Waals surface area contributed by atoms with Crippen LogP contribution in [0.4, 0.5) is 0 Å². The average Bonchev–Trinajstić information content (AvgIpc) is 2.58. The van der Waals surface area contributed by atoms with Crippen molar-refractivity contribution < 1.29 is 9.53 Å². The van der Waals surface area contributed by atoms with Gasteiger partial charge in [-0.05, 0) is 42.2 Å². The minimum Gasteiger partial charge on any atom is -0.492 e. The third-order valence-corrected chi connectivity index (χ3v) is 3.84. The minimum absolute atomic E-state index is 0.118. The lowest BCUT2D eigenvalue weighted by atomic mass is 10.2. The van der Waals surface area contributed by atoms with Crippen molar-refractivity contribution in [2.45, 2.75) is 11.4 Å². The number of amides is 1. The lowest BCUT2D eigenvalue weighted by Crippen LogP contribution is -2.22. The summed E-state index contributed by atoms with van der Waals surface area (Å²) >= 11 is 1.70. The van der Waals surface area contributed by atoms with Crippen LogP contribution in [-0.4, -0.2) is 25.3 Å². The van der Waals surface area contributed by atoms with E-state index in [1.807, 2.05) is 36.6 Å². The van der Waals surface area contributed by atoms with Crippen molar-refractivity contribution in [2.24, 2.45) is 5.73 Å². The number of hydrogen-bond acceptors (Lipinski definition) is 4. The Morgan fingerprint density at radius 1 is 1.23 bits per heavy atom. The molecule has 0 atom stereocenters. The van der Waals surface area contributed by atoms with E-state index < -0.39 is 0 Å². The number of carbonyl (C=O) groups is 1. The van der Waals surface area contributed by atoms with Crippen LogP contribution in [-0.2, 0) is 6.54 Å². The second-order valence-electron chi connectivity index (χ2n) is 4.70. The van der Waals surface area contributed by atoms with Crippen LogP contribution < -0.4 is 15.8 Å². The first-order valence-corrected chi connectivity index (χ1v) is 8.29. The van der Waals surface area contributed by atoms with Crippen molar-refractivity contribution in [3.8, 4) is 5.75 Å². The van der Waals surface area contributed by atoms with Crippen LogP contribution in [0.2, 0.25) is 0 Å². The fraction of sp³-hybridized carbons (Fsp3) is 0.235. The summed E-state index contributed by atoms with van der Waals surface area (Å²) in [6, 6.07) is 15.2. The molecule has 22 heavy (non-hydrogen) atoms. The third-order valence-electron chi connectivity index (χ3n) is 3.09. The normalized spacial score (nSPS) is 10.3. The van der Waals surface area contributed by atoms with E-state index in [2.05, 4.69) is 5.32 Å². The molecule has 0 spiro atoms. The Hall–Kier alpha value is -1.98. The second kappa shape index (κ2) is 8.46. The van der Waals surface area contributed by atoms with E-state index >= 15 is 0 Å². The molecule has 0 aliphatic rings. The van der Waals surface area contributed by atoms with Crippen molar-refractivity contribution >= 4 is 17.7 Å². The minimum atomic E-state index is -0.118. The van der Waals surface area contributed by atoms with Gasteiger partial charge in [0.1, 0.15) is 12.4 Å². The lowest BCUT2D eigenvalue weighted by Gasteiger charge is -2.08. The number of thioether (sulfide) groups is 1. The topological polar surface area (TPSA) is 64.3 Å². The molecule has 2 rings (SSSR count). The van der Waals surface area contributed by atoms with Crippen molar-refractivity contribution in [1.29, 1.82) is 0 Å². The number of nitrogens with two attached hydrogens (primary N) is 1. The Kier molecular flexibility index (Phi) is 6.30. The van der Waals surface area contributed by atoms with Gasteiger partial charge in [0.2, 0.25) is 0 Å². The predicted molar refractivity (Wildman–Crippen MR) is 90.4 cm³/mol. The molecular weight excluding hydrogens is 296 g/mol. The first-order valence-electron chi connectivity index (χ1n) is 7.07. The molecule has 2 aromatic carbocycles. The molecule has 5 heteroatoms. The molecule has 0 saturated heterocycles. The van der Waals surface area contributed by atoms with Gasteiger partial charge >= 0.3 is 0 Å². The van der Waals surface area contributed by atoms with Crippen LogP contribution >= 0.6 is 11.8 Å². The van der Waals surface area contributed by atoms with Crippen LogP contribution in [0.5, 0.6) is 5.75 Å². The maximum atomic E-state index is 12.2. The van der Waals surface area contributed by atoms with Gasteiger partial charge in [-0.2, -0.15) is 0 Å². The molecule has 0 heterocycles.